The zero-order valence-electron chi connectivity index (χ0n) is 16.7. The molecule has 2 amide bonds. The lowest BCUT2D eigenvalue weighted by atomic mass is 10.2. The van der Waals surface area contributed by atoms with Gasteiger partial charge in [-0.25, -0.2) is 4.39 Å². The molecule has 3 rings (SSSR count). The number of sulfonamides is 1. The van der Waals surface area contributed by atoms with Crippen LogP contribution in [0.5, 0.6) is 5.75 Å². The van der Waals surface area contributed by atoms with Gasteiger partial charge in [-0.1, -0.05) is 11.8 Å². The van der Waals surface area contributed by atoms with Crippen LogP contribution in [0.3, 0.4) is 0 Å². The standard InChI is InChI=1S/C20H20FN3O5S2/c1-3-24-19(26)17(12-18(25)22-14-6-8-15(29-2)9-7-14)30-20(24)23-31(27,28)16-10-4-13(21)5-11-16/h4-11,17H,3,12H2,1-2H3,(H,22,25)/b23-20+. The lowest BCUT2D eigenvalue weighted by Crippen LogP contribution is -2.33. The maximum Gasteiger partial charge on any atom is 0.284 e. The number of ether oxygens (including phenoxy) is 1. The van der Waals surface area contributed by atoms with Crippen LogP contribution in [0.2, 0.25) is 0 Å². The largest absolute Gasteiger partial charge is 0.497 e. The first-order valence-corrected chi connectivity index (χ1v) is 11.6. The fraction of sp³-hybridized carbons (Fsp3) is 0.250. The zero-order chi connectivity index (χ0) is 22.6. The van der Waals surface area contributed by atoms with Crippen LogP contribution in [0, 0.1) is 5.82 Å². The number of nitrogens with zero attached hydrogens (tertiary/aromatic N) is 2. The van der Waals surface area contributed by atoms with E-state index in [4.69, 9.17) is 4.74 Å². The van der Waals surface area contributed by atoms with Gasteiger partial charge in [0.2, 0.25) is 11.8 Å². The molecule has 1 aliphatic heterocycles. The molecule has 1 atom stereocenters. The Bertz CT molecular complexity index is 1100. The number of carbonyl (C=O) groups is 2. The molecule has 8 nitrogen and oxygen atoms in total. The van der Waals surface area contributed by atoms with E-state index in [0.717, 1.165) is 36.0 Å². The Morgan fingerprint density at radius 2 is 1.84 bits per heavy atom. The van der Waals surface area contributed by atoms with Crippen molar-refractivity contribution in [3.8, 4) is 5.75 Å². The highest BCUT2D eigenvalue weighted by atomic mass is 32.2. The van der Waals surface area contributed by atoms with Crippen molar-refractivity contribution in [3.63, 3.8) is 0 Å². The molecular formula is C20H20FN3O5S2. The third kappa shape index (κ3) is 5.42. The number of nitrogens with one attached hydrogen (secondary N) is 1. The summed E-state index contributed by atoms with van der Waals surface area (Å²) in [7, 11) is -2.61. The number of thioether (sulfide) groups is 1. The van der Waals surface area contributed by atoms with Crippen molar-refractivity contribution in [2.45, 2.75) is 23.5 Å². The SMILES string of the molecule is CCN1C(=O)C(CC(=O)Nc2ccc(OC)cc2)S/C1=N/S(=O)(=O)c1ccc(F)cc1. The first-order chi connectivity index (χ1) is 14.7. The molecule has 1 aliphatic rings. The minimum Gasteiger partial charge on any atom is -0.497 e. The van der Waals surface area contributed by atoms with Crippen molar-refractivity contribution in [1.82, 2.24) is 4.90 Å². The molecule has 1 heterocycles. The first-order valence-electron chi connectivity index (χ1n) is 9.26. The number of rotatable bonds is 7. The van der Waals surface area contributed by atoms with Gasteiger partial charge in [-0.3, -0.25) is 14.5 Å². The van der Waals surface area contributed by atoms with E-state index in [0.29, 0.717) is 11.4 Å². The lowest BCUT2D eigenvalue weighted by Gasteiger charge is -2.13. The number of anilines is 1. The predicted molar refractivity (Wildman–Crippen MR) is 116 cm³/mol. The molecule has 0 bridgehead atoms. The summed E-state index contributed by atoms with van der Waals surface area (Å²) in [5.41, 5.74) is 0.543. The quantitative estimate of drug-likeness (QED) is 0.674. The van der Waals surface area contributed by atoms with Crippen LogP contribution in [0.15, 0.2) is 57.8 Å². The Hall–Kier alpha value is -2.92. The van der Waals surface area contributed by atoms with Gasteiger partial charge in [0.05, 0.1) is 12.0 Å². The number of carbonyl (C=O) groups excluding carboxylic acids is 2. The van der Waals surface area contributed by atoms with Crippen molar-refractivity contribution >= 4 is 44.5 Å². The van der Waals surface area contributed by atoms with Crippen LogP contribution in [0.4, 0.5) is 10.1 Å². The molecule has 11 heteroatoms. The number of hydrogen-bond donors (Lipinski definition) is 1. The molecule has 164 valence electrons. The molecule has 0 radical (unpaired) electrons. The summed E-state index contributed by atoms with van der Waals surface area (Å²) in [5.74, 6) is -0.725. The predicted octanol–water partition coefficient (Wildman–Crippen LogP) is 2.87. The summed E-state index contributed by atoms with van der Waals surface area (Å²) in [4.78, 5) is 26.1. The van der Waals surface area contributed by atoms with E-state index in [-0.39, 0.29) is 23.0 Å². The molecule has 2 aromatic carbocycles. The van der Waals surface area contributed by atoms with Gasteiger partial charge >= 0.3 is 0 Å². The van der Waals surface area contributed by atoms with E-state index >= 15 is 0 Å². The number of benzene rings is 2. The molecule has 0 saturated carbocycles. The van der Waals surface area contributed by atoms with Gasteiger partial charge in [0, 0.05) is 18.7 Å². The van der Waals surface area contributed by atoms with Gasteiger partial charge in [-0.2, -0.15) is 8.42 Å². The Labute approximate surface area is 183 Å². The van der Waals surface area contributed by atoms with Crippen molar-refractivity contribution in [3.05, 3.63) is 54.3 Å². The Morgan fingerprint density at radius 1 is 1.19 bits per heavy atom. The molecule has 2 aromatic rings. The van der Waals surface area contributed by atoms with E-state index in [2.05, 4.69) is 9.71 Å². The van der Waals surface area contributed by atoms with Crippen molar-refractivity contribution < 1.29 is 27.1 Å². The average molecular weight is 466 g/mol. The Balaban J connectivity index is 1.73. The fourth-order valence-electron chi connectivity index (χ4n) is 2.82. The summed E-state index contributed by atoms with van der Waals surface area (Å²) in [6, 6.07) is 11.0. The van der Waals surface area contributed by atoms with Gasteiger partial charge in [-0.05, 0) is 55.5 Å². The number of halogens is 1. The van der Waals surface area contributed by atoms with Crippen LogP contribution in [-0.2, 0) is 19.6 Å². The summed E-state index contributed by atoms with van der Waals surface area (Å²) in [5, 5.41) is 1.88. The number of amidine groups is 1. The van der Waals surface area contributed by atoms with E-state index < -0.39 is 32.9 Å². The topological polar surface area (TPSA) is 105 Å². The second kappa shape index (κ2) is 9.48. The highest BCUT2D eigenvalue weighted by Crippen LogP contribution is 2.31. The minimum absolute atomic E-state index is 0.0147. The summed E-state index contributed by atoms with van der Waals surface area (Å²) < 4.78 is 47.0. The van der Waals surface area contributed by atoms with Crippen LogP contribution in [0.25, 0.3) is 0 Å². The highest BCUT2D eigenvalue weighted by Gasteiger charge is 2.39. The summed E-state index contributed by atoms with van der Waals surface area (Å²) in [6.07, 6.45) is -0.151. The second-order valence-electron chi connectivity index (χ2n) is 6.47. The van der Waals surface area contributed by atoms with Gasteiger partial charge in [0.25, 0.3) is 10.0 Å². The van der Waals surface area contributed by atoms with Crippen molar-refractivity contribution in [1.29, 1.82) is 0 Å². The number of methoxy groups -OCH3 is 1. The molecular weight excluding hydrogens is 445 g/mol. The molecule has 0 spiro atoms. The van der Waals surface area contributed by atoms with Crippen molar-refractivity contribution in [2.24, 2.45) is 4.40 Å². The van der Waals surface area contributed by atoms with Crippen LogP contribution in [0.1, 0.15) is 13.3 Å². The van der Waals surface area contributed by atoms with E-state index in [1.165, 1.54) is 12.0 Å². The number of amides is 2. The molecule has 1 N–H and O–H groups in total. The normalized spacial score (nSPS) is 17.8. The van der Waals surface area contributed by atoms with Gasteiger partial charge in [-0.15, -0.1) is 4.40 Å². The van der Waals surface area contributed by atoms with Crippen LogP contribution >= 0.6 is 11.8 Å². The molecule has 1 saturated heterocycles. The number of hydrogen-bond acceptors (Lipinski definition) is 6. The summed E-state index contributed by atoms with van der Waals surface area (Å²) >= 11 is 0.913. The molecule has 0 aliphatic carbocycles. The molecule has 31 heavy (non-hydrogen) atoms. The Kier molecular flexibility index (Phi) is 6.96. The fourth-order valence-corrected chi connectivity index (χ4v) is 5.24. The monoisotopic (exact) mass is 465 g/mol. The third-order valence-electron chi connectivity index (χ3n) is 4.39. The highest BCUT2D eigenvalue weighted by molar-refractivity contribution is 8.16. The minimum atomic E-state index is -4.14. The van der Waals surface area contributed by atoms with E-state index in [1.54, 1.807) is 31.2 Å². The average Bonchev–Trinajstić information content (AvgIpc) is 3.02. The van der Waals surface area contributed by atoms with Gasteiger partial charge < -0.3 is 10.1 Å². The second-order valence-corrected chi connectivity index (χ2v) is 9.25. The zero-order valence-corrected chi connectivity index (χ0v) is 18.4. The van der Waals surface area contributed by atoms with Crippen LogP contribution in [-0.4, -0.2) is 49.2 Å². The van der Waals surface area contributed by atoms with E-state index in [9.17, 15) is 22.4 Å². The third-order valence-corrected chi connectivity index (χ3v) is 6.96. The van der Waals surface area contributed by atoms with Crippen LogP contribution < -0.4 is 10.1 Å². The molecule has 0 aromatic heterocycles. The summed E-state index contributed by atoms with van der Waals surface area (Å²) in [6.45, 7) is 1.87. The van der Waals surface area contributed by atoms with Gasteiger partial charge in [0.1, 0.15) is 16.8 Å². The maximum atomic E-state index is 13.1. The first kappa shape index (κ1) is 22.8. The van der Waals surface area contributed by atoms with Crippen molar-refractivity contribution in [2.75, 3.05) is 19.0 Å². The molecule has 1 fully saturated rings. The van der Waals surface area contributed by atoms with E-state index in [1.807, 2.05) is 0 Å². The maximum absolute atomic E-state index is 13.1. The lowest BCUT2D eigenvalue weighted by molar-refractivity contribution is -0.128. The molecule has 1 unspecified atom stereocenters. The van der Waals surface area contributed by atoms with Gasteiger partial charge in [0.15, 0.2) is 5.17 Å². The smallest absolute Gasteiger partial charge is 0.284 e. The Morgan fingerprint density at radius 3 is 2.42 bits per heavy atom.